The van der Waals surface area contributed by atoms with E-state index in [9.17, 15) is 4.57 Å². The summed E-state index contributed by atoms with van der Waals surface area (Å²) < 4.78 is 14.9. The Labute approximate surface area is 54.2 Å². The van der Waals surface area contributed by atoms with Crippen molar-refractivity contribution in [2.45, 2.75) is 0 Å². The minimum atomic E-state index is -3.50. The molecule has 0 radical (unpaired) electrons. The lowest BCUT2D eigenvalue weighted by Gasteiger charge is -2.02. The van der Waals surface area contributed by atoms with Crippen LogP contribution in [-0.2, 0) is 9.09 Å². The van der Waals surface area contributed by atoms with Crippen LogP contribution >= 0.6 is 7.60 Å². The second-order valence-electron chi connectivity index (χ2n) is 1.33. The monoisotopic (exact) mass is 148 g/mol. The molecule has 1 N–H and O–H groups in total. The zero-order valence-electron chi connectivity index (χ0n) is 4.99. The van der Waals surface area contributed by atoms with Crippen molar-refractivity contribution >= 4 is 7.60 Å². The third kappa shape index (κ3) is 4.15. The third-order valence-corrected chi connectivity index (χ3v) is 1.59. The van der Waals surface area contributed by atoms with Crippen molar-refractivity contribution in [1.82, 2.24) is 0 Å². The van der Waals surface area contributed by atoms with E-state index in [0.29, 0.717) is 0 Å². The van der Waals surface area contributed by atoms with E-state index in [-0.39, 0.29) is 6.61 Å². The van der Waals surface area contributed by atoms with Crippen molar-refractivity contribution in [2.75, 3.05) is 6.61 Å². The van der Waals surface area contributed by atoms with Crippen LogP contribution in [0.5, 0.6) is 0 Å². The molecule has 0 aromatic carbocycles. The molecule has 0 aliphatic heterocycles. The molecule has 1 unspecified atom stereocenters. The molecule has 0 amide bonds. The van der Waals surface area contributed by atoms with Gasteiger partial charge in [-0.25, -0.2) is 0 Å². The van der Waals surface area contributed by atoms with Crippen LogP contribution in [0.1, 0.15) is 0 Å². The molecule has 0 heterocycles. The van der Waals surface area contributed by atoms with Gasteiger partial charge in [0.2, 0.25) is 0 Å². The van der Waals surface area contributed by atoms with E-state index in [1.54, 1.807) is 0 Å². The van der Waals surface area contributed by atoms with Crippen molar-refractivity contribution in [3.05, 3.63) is 25.1 Å². The third-order valence-electron chi connectivity index (χ3n) is 0.608. The van der Waals surface area contributed by atoms with Crippen LogP contribution < -0.4 is 0 Å². The molecule has 1 atom stereocenters. The van der Waals surface area contributed by atoms with Crippen molar-refractivity contribution < 1.29 is 14.0 Å². The van der Waals surface area contributed by atoms with E-state index in [2.05, 4.69) is 17.7 Å². The second-order valence-corrected chi connectivity index (χ2v) is 3.08. The lowest BCUT2D eigenvalue weighted by atomic mass is 10.7. The van der Waals surface area contributed by atoms with Gasteiger partial charge in [-0.05, 0) is 0 Å². The minimum absolute atomic E-state index is 0.0692. The first-order valence-electron chi connectivity index (χ1n) is 2.34. The molecule has 0 aromatic rings. The molecule has 0 fully saturated rings. The van der Waals surface area contributed by atoms with Gasteiger partial charge in [0, 0.05) is 5.82 Å². The predicted molar refractivity (Wildman–Crippen MR) is 36.2 cm³/mol. The molecule has 3 nitrogen and oxygen atoms in total. The molecule has 0 aromatic heterocycles. The Bertz CT molecular complexity index is 152. The van der Waals surface area contributed by atoms with Crippen LogP contribution in [0.2, 0.25) is 0 Å². The van der Waals surface area contributed by atoms with Crippen LogP contribution in [0.15, 0.2) is 25.1 Å². The van der Waals surface area contributed by atoms with Crippen LogP contribution in [-0.4, -0.2) is 11.5 Å². The van der Waals surface area contributed by atoms with Crippen LogP contribution in [0.4, 0.5) is 0 Å². The Kier molecular flexibility index (Phi) is 3.47. The maximum absolute atomic E-state index is 10.5. The lowest BCUT2D eigenvalue weighted by molar-refractivity contribution is 0.297. The summed E-state index contributed by atoms with van der Waals surface area (Å²) in [5.41, 5.74) is 0. The van der Waals surface area contributed by atoms with Gasteiger partial charge in [-0.3, -0.25) is 4.57 Å². The van der Waals surface area contributed by atoms with Gasteiger partial charge in [-0.2, -0.15) is 0 Å². The molecule has 0 aliphatic rings. The van der Waals surface area contributed by atoms with Crippen molar-refractivity contribution in [3.63, 3.8) is 0 Å². The Morgan fingerprint density at radius 2 is 2.22 bits per heavy atom. The number of hydrogen-bond acceptors (Lipinski definition) is 2. The first-order chi connectivity index (χ1) is 4.12. The van der Waals surface area contributed by atoms with E-state index in [4.69, 9.17) is 4.89 Å². The predicted octanol–water partition coefficient (Wildman–Crippen LogP) is 1.52. The summed E-state index contributed by atoms with van der Waals surface area (Å²) >= 11 is 0. The van der Waals surface area contributed by atoms with Gasteiger partial charge in [0.15, 0.2) is 0 Å². The van der Waals surface area contributed by atoms with Gasteiger partial charge in [-0.1, -0.05) is 12.7 Å². The normalized spacial score (nSPS) is 16.1. The molecule has 52 valence electrons. The topological polar surface area (TPSA) is 46.5 Å². The summed E-state index contributed by atoms with van der Waals surface area (Å²) in [4.78, 5) is 8.62. The maximum atomic E-state index is 10.5. The molecular formula is C5H9O3P. The molecule has 0 rings (SSSR count). The van der Waals surface area contributed by atoms with E-state index in [1.165, 1.54) is 6.08 Å². The molecule has 0 spiro atoms. The fraction of sp³-hybridized carbons (Fsp3) is 0.200. The molecule has 0 aliphatic carbocycles. The fourth-order valence-corrected chi connectivity index (χ4v) is 0.637. The largest absolute Gasteiger partial charge is 0.351 e. The molecule has 0 bridgehead atoms. The molecule has 0 saturated heterocycles. The average molecular weight is 148 g/mol. The molecule has 4 heteroatoms. The highest BCUT2D eigenvalue weighted by Crippen LogP contribution is 2.42. The van der Waals surface area contributed by atoms with Gasteiger partial charge in [0.1, 0.15) is 0 Å². The summed E-state index contributed by atoms with van der Waals surface area (Å²) in [6.07, 6.45) is 1.40. The standard InChI is InChI=1S/C5H9O3P/c1-3-5-8-9(6,7)4-2/h3-4H,1-2,5H2,(H,6,7). The summed E-state index contributed by atoms with van der Waals surface area (Å²) in [6, 6.07) is 0. The molecular weight excluding hydrogens is 139 g/mol. The quantitative estimate of drug-likeness (QED) is 0.485. The Hall–Kier alpha value is -0.370. The van der Waals surface area contributed by atoms with Crippen molar-refractivity contribution in [3.8, 4) is 0 Å². The fourth-order valence-electron chi connectivity index (χ4n) is 0.212. The number of rotatable bonds is 4. The molecule has 9 heavy (non-hydrogen) atoms. The summed E-state index contributed by atoms with van der Waals surface area (Å²) in [7, 11) is -3.50. The van der Waals surface area contributed by atoms with E-state index in [1.807, 2.05) is 0 Å². The van der Waals surface area contributed by atoms with Crippen LogP contribution in [0.3, 0.4) is 0 Å². The van der Waals surface area contributed by atoms with Crippen molar-refractivity contribution in [1.29, 1.82) is 0 Å². The minimum Gasteiger partial charge on any atom is -0.321 e. The summed E-state index contributed by atoms with van der Waals surface area (Å²) in [5, 5.41) is 0. The van der Waals surface area contributed by atoms with Crippen LogP contribution in [0, 0.1) is 0 Å². The van der Waals surface area contributed by atoms with E-state index in [0.717, 1.165) is 5.82 Å². The summed E-state index contributed by atoms with van der Waals surface area (Å²) in [5.74, 6) is 0.885. The van der Waals surface area contributed by atoms with E-state index < -0.39 is 7.60 Å². The number of hydrogen-bond donors (Lipinski definition) is 1. The van der Waals surface area contributed by atoms with Crippen molar-refractivity contribution in [2.24, 2.45) is 0 Å². The van der Waals surface area contributed by atoms with Crippen LogP contribution in [0.25, 0.3) is 0 Å². The van der Waals surface area contributed by atoms with Gasteiger partial charge in [0.25, 0.3) is 0 Å². The highest BCUT2D eigenvalue weighted by molar-refractivity contribution is 7.56. The average Bonchev–Trinajstić information content (AvgIpc) is 1.84. The van der Waals surface area contributed by atoms with Gasteiger partial charge in [0.05, 0.1) is 6.61 Å². The van der Waals surface area contributed by atoms with E-state index >= 15 is 0 Å². The second kappa shape index (κ2) is 3.62. The smallest absolute Gasteiger partial charge is 0.321 e. The SMILES string of the molecule is C=CCOP(=O)(O)C=C. The zero-order chi connectivity index (χ0) is 7.33. The Balaban J connectivity index is 3.72. The van der Waals surface area contributed by atoms with Gasteiger partial charge in [-0.15, -0.1) is 6.58 Å². The molecule has 0 saturated carbocycles. The van der Waals surface area contributed by atoms with Gasteiger partial charge >= 0.3 is 7.60 Å². The highest BCUT2D eigenvalue weighted by atomic mass is 31.2. The highest BCUT2D eigenvalue weighted by Gasteiger charge is 2.10. The Morgan fingerprint density at radius 1 is 1.67 bits per heavy atom. The first-order valence-corrected chi connectivity index (χ1v) is 3.98. The summed E-state index contributed by atoms with van der Waals surface area (Å²) in [6.45, 7) is 6.49. The maximum Gasteiger partial charge on any atom is 0.351 e. The van der Waals surface area contributed by atoms with Gasteiger partial charge < -0.3 is 9.42 Å². The first kappa shape index (κ1) is 8.63. The Morgan fingerprint density at radius 3 is 2.56 bits per heavy atom. The zero-order valence-corrected chi connectivity index (χ0v) is 5.88. The lowest BCUT2D eigenvalue weighted by Crippen LogP contribution is -1.84.